The number of carbonyl (C=O) groups is 2. The molecule has 7 nitrogen and oxygen atoms in total. The number of amides is 2. The molecule has 3 fully saturated rings. The average Bonchev–Trinajstić information content (AvgIpc) is 3.38. The lowest BCUT2D eigenvalue weighted by molar-refractivity contribution is -0.141. The lowest BCUT2D eigenvalue weighted by atomic mass is 9.60. The maximum absolute atomic E-state index is 13.5. The third kappa shape index (κ3) is 3.19. The van der Waals surface area contributed by atoms with E-state index in [1.165, 1.54) is 0 Å². The summed E-state index contributed by atoms with van der Waals surface area (Å²) < 4.78 is 10.6. The highest BCUT2D eigenvalue weighted by Crippen LogP contribution is 2.57. The third-order valence-corrected chi connectivity index (χ3v) is 7.63. The molecule has 1 atom stereocenters. The summed E-state index contributed by atoms with van der Waals surface area (Å²) in [5.41, 5.74) is 0.291. The van der Waals surface area contributed by atoms with E-state index in [2.05, 4.69) is 11.8 Å². The van der Waals surface area contributed by atoms with E-state index in [9.17, 15) is 9.59 Å². The first kappa shape index (κ1) is 20.4. The standard InChI is InChI=1S/C22H33N3O4/c1-4-24-11-8-22(20(24)27)16-23(12-14-28-3)15-21(22)6-9-25(10-7-21)19(26)18-5-13-29-17(18)2/h5,13H,4,6-12,14-16H2,1-3H3. The Hall–Kier alpha value is -1.86. The van der Waals surface area contributed by atoms with Crippen LogP contribution in [0, 0.1) is 17.8 Å². The number of hydrogen-bond acceptors (Lipinski definition) is 5. The quantitative estimate of drug-likeness (QED) is 0.752. The second-order valence-corrected chi connectivity index (χ2v) is 8.88. The lowest BCUT2D eigenvalue weighted by Crippen LogP contribution is -2.53. The molecule has 3 saturated heterocycles. The zero-order valence-corrected chi connectivity index (χ0v) is 17.9. The van der Waals surface area contributed by atoms with Gasteiger partial charge in [-0.3, -0.25) is 14.5 Å². The molecule has 4 heterocycles. The predicted molar refractivity (Wildman–Crippen MR) is 109 cm³/mol. The molecule has 0 bridgehead atoms. The largest absolute Gasteiger partial charge is 0.469 e. The van der Waals surface area contributed by atoms with Crippen molar-refractivity contribution in [3.05, 3.63) is 23.7 Å². The van der Waals surface area contributed by atoms with Crippen LogP contribution in [0.3, 0.4) is 0 Å². The van der Waals surface area contributed by atoms with Crippen LogP contribution in [0.15, 0.2) is 16.7 Å². The molecule has 2 amide bonds. The molecular weight excluding hydrogens is 370 g/mol. The Bertz CT molecular complexity index is 768. The van der Waals surface area contributed by atoms with Crippen molar-refractivity contribution in [3.8, 4) is 0 Å². The van der Waals surface area contributed by atoms with Crippen LogP contribution < -0.4 is 0 Å². The number of carbonyl (C=O) groups excluding carboxylic acids is 2. The maximum atomic E-state index is 13.5. The van der Waals surface area contributed by atoms with E-state index in [1.54, 1.807) is 19.4 Å². The minimum atomic E-state index is -0.308. The zero-order chi connectivity index (χ0) is 20.6. The number of rotatable bonds is 5. The lowest BCUT2D eigenvalue weighted by Gasteiger charge is -2.47. The van der Waals surface area contributed by atoms with Crippen LogP contribution in [0.4, 0.5) is 0 Å². The molecule has 3 aliphatic heterocycles. The summed E-state index contributed by atoms with van der Waals surface area (Å²) in [5, 5.41) is 0. The zero-order valence-electron chi connectivity index (χ0n) is 17.9. The van der Waals surface area contributed by atoms with Gasteiger partial charge in [-0.05, 0) is 39.2 Å². The number of aryl methyl sites for hydroxylation is 1. The molecule has 1 aromatic rings. The minimum absolute atomic E-state index is 0.0438. The van der Waals surface area contributed by atoms with Crippen molar-refractivity contribution in [2.75, 3.05) is 59.5 Å². The van der Waals surface area contributed by atoms with Crippen LogP contribution in [0.2, 0.25) is 0 Å². The van der Waals surface area contributed by atoms with Gasteiger partial charge >= 0.3 is 0 Å². The molecule has 3 aliphatic rings. The minimum Gasteiger partial charge on any atom is -0.469 e. The maximum Gasteiger partial charge on any atom is 0.257 e. The fraction of sp³-hybridized carbons (Fsp3) is 0.727. The molecule has 0 aliphatic carbocycles. The molecule has 1 unspecified atom stereocenters. The fourth-order valence-corrected chi connectivity index (χ4v) is 5.89. The van der Waals surface area contributed by atoms with Crippen LogP contribution >= 0.6 is 0 Å². The Balaban J connectivity index is 1.54. The van der Waals surface area contributed by atoms with Gasteiger partial charge in [-0.25, -0.2) is 0 Å². The van der Waals surface area contributed by atoms with Gasteiger partial charge in [0.15, 0.2) is 0 Å². The van der Waals surface area contributed by atoms with Crippen LogP contribution in [0.1, 0.15) is 42.3 Å². The highest BCUT2D eigenvalue weighted by atomic mass is 16.5. The van der Waals surface area contributed by atoms with Crippen molar-refractivity contribution in [1.29, 1.82) is 0 Å². The first-order valence-corrected chi connectivity index (χ1v) is 10.8. The predicted octanol–water partition coefficient (Wildman–Crippen LogP) is 2.01. The summed E-state index contributed by atoms with van der Waals surface area (Å²) >= 11 is 0. The Morgan fingerprint density at radius 3 is 2.55 bits per heavy atom. The SMILES string of the molecule is CCN1CCC2(CN(CCOC)CC23CCN(C(=O)c2ccoc2C)CC3)C1=O. The highest BCUT2D eigenvalue weighted by Gasteiger charge is 2.64. The van der Waals surface area contributed by atoms with Crippen molar-refractivity contribution < 1.29 is 18.7 Å². The topological polar surface area (TPSA) is 66.2 Å². The average molecular weight is 404 g/mol. The van der Waals surface area contributed by atoms with Gasteiger partial charge in [-0.2, -0.15) is 0 Å². The number of nitrogens with zero attached hydrogens (tertiary/aromatic N) is 3. The van der Waals surface area contributed by atoms with E-state index >= 15 is 0 Å². The Labute approximate surface area is 172 Å². The smallest absolute Gasteiger partial charge is 0.257 e. The van der Waals surface area contributed by atoms with Gasteiger partial charge in [0.1, 0.15) is 5.76 Å². The molecule has 160 valence electrons. The van der Waals surface area contributed by atoms with Crippen molar-refractivity contribution in [3.63, 3.8) is 0 Å². The monoisotopic (exact) mass is 403 g/mol. The van der Waals surface area contributed by atoms with E-state index in [0.717, 1.165) is 52.0 Å². The van der Waals surface area contributed by atoms with Gasteiger partial charge in [-0.15, -0.1) is 0 Å². The molecular formula is C22H33N3O4. The van der Waals surface area contributed by atoms with Crippen molar-refractivity contribution in [2.24, 2.45) is 10.8 Å². The summed E-state index contributed by atoms with van der Waals surface area (Å²) in [4.78, 5) is 32.8. The van der Waals surface area contributed by atoms with Gasteiger partial charge in [0.2, 0.25) is 5.91 Å². The summed E-state index contributed by atoms with van der Waals surface area (Å²) in [5.74, 6) is 1.04. The van der Waals surface area contributed by atoms with Crippen molar-refractivity contribution in [2.45, 2.75) is 33.1 Å². The van der Waals surface area contributed by atoms with E-state index < -0.39 is 0 Å². The summed E-state index contributed by atoms with van der Waals surface area (Å²) in [6.45, 7) is 10.2. The molecule has 0 radical (unpaired) electrons. The number of fused-ring (bicyclic) bond motifs is 1. The third-order valence-electron chi connectivity index (χ3n) is 7.63. The molecule has 2 spiro atoms. The number of ether oxygens (including phenoxy) is 1. The van der Waals surface area contributed by atoms with Gasteiger partial charge in [0, 0.05) is 58.3 Å². The molecule has 0 saturated carbocycles. The Kier molecular flexibility index (Phi) is 5.46. The second-order valence-electron chi connectivity index (χ2n) is 8.88. The number of methoxy groups -OCH3 is 1. The van der Waals surface area contributed by atoms with E-state index in [-0.39, 0.29) is 16.7 Å². The molecule has 1 aromatic heterocycles. The first-order chi connectivity index (χ1) is 14.0. The summed E-state index contributed by atoms with van der Waals surface area (Å²) in [7, 11) is 1.73. The second kappa shape index (κ2) is 7.76. The Morgan fingerprint density at radius 2 is 1.97 bits per heavy atom. The molecule has 4 rings (SSSR count). The Morgan fingerprint density at radius 1 is 1.21 bits per heavy atom. The molecule has 0 aromatic carbocycles. The van der Waals surface area contributed by atoms with Gasteiger partial charge in [0.25, 0.3) is 5.91 Å². The highest BCUT2D eigenvalue weighted by molar-refractivity contribution is 5.95. The number of piperidine rings is 1. The molecule has 7 heteroatoms. The number of furan rings is 1. The van der Waals surface area contributed by atoms with Crippen molar-refractivity contribution >= 4 is 11.8 Å². The normalized spacial score (nSPS) is 26.9. The van der Waals surface area contributed by atoms with E-state index in [1.807, 2.05) is 16.7 Å². The van der Waals surface area contributed by atoms with Crippen LogP contribution in [-0.4, -0.2) is 86.0 Å². The van der Waals surface area contributed by atoms with E-state index in [4.69, 9.17) is 9.15 Å². The van der Waals surface area contributed by atoms with Gasteiger partial charge < -0.3 is 19.0 Å². The van der Waals surface area contributed by atoms with Gasteiger partial charge in [-0.1, -0.05) is 0 Å². The van der Waals surface area contributed by atoms with Crippen LogP contribution in [0.25, 0.3) is 0 Å². The molecule has 0 N–H and O–H groups in total. The fourth-order valence-electron chi connectivity index (χ4n) is 5.89. The van der Waals surface area contributed by atoms with Crippen LogP contribution in [-0.2, 0) is 9.53 Å². The summed E-state index contributed by atoms with van der Waals surface area (Å²) in [6, 6.07) is 1.76. The van der Waals surface area contributed by atoms with Crippen molar-refractivity contribution in [1.82, 2.24) is 14.7 Å². The first-order valence-electron chi connectivity index (χ1n) is 10.8. The van der Waals surface area contributed by atoms with E-state index in [0.29, 0.717) is 36.9 Å². The van der Waals surface area contributed by atoms with Crippen LogP contribution in [0.5, 0.6) is 0 Å². The number of hydrogen-bond donors (Lipinski definition) is 0. The summed E-state index contributed by atoms with van der Waals surface area (Å²) in [6.07, 6.45) is 4.26. The number of likely N-dealkylation sites (tertiary alicyclic amines) is 3. The van der Waals surface area contributed by atoms with Gasteiger partial charge in [0.05, 0.1) is 23.8 Å². The molecule has 29 heavy (non-hydrogen) atoms.